The van der Waals surface area contributed by atoms with E-state index in [1.807, 2.05) is 69.3 Å². The van der Waals surface area contributed by atoms with Crippen molar-refractivity contribution >= 4 is 24.0 Å². The number of imidazole rings is 2. The first-order valence-electron chi connectivity index (χ1n) is 18.1. The molecule has 16 heteroatoms. The summed E-state index contributed by atoms with van der Waals surface area (Å²) in [7, 11) is 2.85. The van der Waals surface area contributed by atoms with E-state index >= 15 is 0 Å². The molecule has 4 rings (SSSR count). The predicted molar refractivity (Wildman–Crippen MR) is 208 cm³/mol. The maximum Gasteiger partial charge on any atom is 0.410 e. The molecule has 2 aromatic heterocycles. The Morgan fingerprint density at radius 2 is 1.11 bits per heavy atom. The third-order valence-electron chi connectivity index (χ3n) is 9.72. The zero-order valence-electron chi connectivity index (χ0n) is 33.4. The van der Waals surface area contributed by atoms with Gasteiger partial charge in [0.2, 0.25) is 11.8 Å². The largest absolute Gasteiger partial charge is 0.447 e. The number of likely N-dealkylation sites (N-methyl/N-ethyl adjacent to an activating group) is 2. The van der Waals surface area contributed by atoms with Crippen molar-refractivity contribution in [2.45, 2.75) is 72.1 Å². The lowest BCUT2D eigenvalue weighted by molar-refractivity contribution is -0.132. The number of ether oxygens (including phenoxy) is 2. The molecule has 1 unspecified atom stereocenters. The number of aromatic amines is 2. The predicted octanol–water partition coefficient (Wildman–Crippen LogP) is 6.59. The number of alkyl halides is 2. The van der Waals surface area contributed by atoms with E-state index in [4.69, 9.17) is 9.47 Å². The zero-order chi connectivity index (χ0) is 41.4. The van der Waals surface area contributed by atoms with Gasteiger partial charge in [-0.3, -0.25) is 19.4 Å². The first kappa shape index (κ1) is 42.9. The number of aromatic nitrogens is 4. The molecular weight excluding hydrogens is 726 g/mol. The van der Waals surface area contributed by atoms with Gasteiger partial charge >= 0.3 is 12.2 Å². The summed E-state index contributed by atoms with van der Waals surface area (Å²) in [5.74, 6) is 0.214. The number of hydrogen-bond donors (Lipinski definition) is 4. The van der Waals surface area contributed by atoms with Crippen LogP contribution in [-0.4, -0.2) is 105 Å². The fourth-order valence-corrected chi connectivity index (χ4v) is 5.50. The van der Waals surface area contributed by atoms with Crippen LogP contribution in [0.1, 0.15) is 66.2 Å². The van der Waals surface area contributed by atoms with E-state index in [9.17, 15) is 28.0 Å². The van der Waals surface area contributed by atoms with E-state index < -0.39 is 59.9 Å². The second-order valence-corrected chi connectivity index (χ2v) is 15.4. The van der Waals surface area contributed by atoms with Gasteiger partial charge in [-0.05, 0) is 55.4 Å². The quantitative estimate of drug-likeness (QED) is 0.105. The van der Waals surface area contributed by atoms with Crippen LogP contribution in [0.15, 0.2) is 60.9 Å². The summed E-state index contributed by atoms with van der Waals surface area (Å²) in [4.78, 5) is 68.7. The Hall–Kier alpha value is -5.80. The third-order valence-corrected chi connectivity index (χ3v) is 9.72. The van der Waals surface area contributed by atoms with Crippen LogP contribution in [-0.2, 0) is 25.6 Å². The van der Waals surface area contributed by atoms with Crippen molar-refractivity contribution in [3.05, 3.63) is 72.6 Å². The van der Waals surface area contributed by atoms with E-state index in [0.717, 1.165) is 43.4 Å². The van der Waals surface area contributed by atoms with Crippen molar-refractivity contribution < 1.29 is 37.4 Å². The summed E-state index contributed by atoms with van der Waals surface area (Å²) in [6.45, 7) is 9.93. The van der Waals surface area contributed by atoms with Crippen LogP contribution in [0, 0.1) is 5.41 Å². The van der Waals surface area contributed by atoms with Crippen LogP contribution in [0.3, 0.4) is 0 Å². The zero-order valence-corrected chi connectivity index (χ0v) is 33.4. The Morgan fingerprint density at radius 1 is 0.679 bits per heavy atom. The number of carbonyl (C=O) groups is 4. The van der Waals surface area contributed by atoms with E-state index in [1.54, 1.807) is 40.1 Å². The Morgan fingerprint density at radius 3 is 1.57 bits per heavy atom. The van der Waals surface area contributed by atoms with Gasteiger partial charge in [0, 0.05) is 14.1 Å². The summed E-state index contributed by atoms with van der Waals surface area (Å²) >= 11 is 0. The molecule has 0 saturated carbocycles. The smallest absolute Gasteiger partial charge is 0.410 e. The van der Waals surface area contributed by atoms with Crippen molar-refractivity contribution in [2.75, 3.05) is 40.7 Å². The molecule has 2 heterocycles. The van der Waals surface area contributed by atoms with Crippen LogP contribution in [0.2, 0.25) is 0 Å². The van der Waals surface area contributed by atoms with Crippen LogP contribution < -0.4 is 10.6 Å². The number of carbonyl (C=O) groups excluding carboxylic acids is 4. The van der Waals surface area contributed by atoms with Gasteiger partial charge in [-0.1, -0.05) is 69.3 Å². The number of nitrogens with one attached hydrogen (secondary N) is 4. The fraction of sp³-hybridized carbons (Fsp3) is 0.450. The van der Waals surface area contributed by atoms with Gasteiger partial charge in [0.1, 0.15) is 49.3 Å². The highest BCUT2D eigenvalue weighted by Crippen LogP contribution is 2.34. The van der Waals surface area contributed by atoms with Crippen LogP contribution >= 0.6 is 0 Å². The third kappa shape index (κ3) is 10.1. The molecule has 0 aliphatic carbocycles. The number of benzene rings is 2. The maximum atomic E-state index is 13.5. The summed E-state index contributed by atoms with van der Waals surface area (Å²) in [6.07, 6.45) is 1.80. The van der Waals surface area contributed by atoms with Gasteiger partial charge < -0.3 is 30.1 Å². The highest BCUT2D eigenvalue weighted by atomic mass is 19.1. The van der Waals surface area contributed by atoms with E-state index in [-0.39, 0.29) is 19.8 Å². The molecule has 0 bridgehead atoms. The van der Waals surface area contributed by atoms with E-state index in [0.29, 0.717) is 11.6 Å². The molecule has 0 saturated heterocycles. The lowest BCUT2D eigenvalue weighted by Crippen LogP contribution is -2.57. The number of rotatable bonds is 15. The average Bonchev–Trinajstić information content (AvgIpc) is 3.86. The second kappa shape index (κ2) is 17.8. The maximum absolute atomic E-state index is 13.5. The first-order valence-corrected chi connectivity index (χ1v) is 18.1. The Bertz CT molecular complexity index is 1970. The summed E-state index contributed by atoms with van der Waals surface area (Å²) < 4.78 is 34.6. The topological polar surface area (TPSA) is 175 Å². The molecule has 14 nitrogen and oxygen atoms in total. The highest BCUT2D eigenvalue weighted by molar-refractivity contribution is 5.90. The highest BCUT2D eigenvalue weighted by Gasteiger charge is 2.40. The molecule has 0 fully saturated rings. The molecule has 0 radical (unpaired) electrons. The number of hydrogen-bond acceptors (Lipinski definition) is 8. The minimum absolute atomic E-state index is 0.0979. The molecule has 0 aliphatic rings. The number of halogens is 2. The lowest BCUT2D eigenvalue weighted by atomic mass is 9.85. The first-order chi connectivity index (χ1) is 26.3. The fourth-order valence-electron chi connectivity index (χ4n) is 5.50. The molecule has 2 aromatic carbocycles. The van der Waals surface area contributed by atoms with Crippen molar-refractivity contribution in [1.29, 1.82) is 0 Å². The van der Waals surface area contributed by atoms with E-state index in [1.165, 1.54) is 14.1 Å². The van der Waals surface area contributed by atoms with Gasteiger partial charge in [0.05, 0.1) is 36.4 Å². The van der Waals surface area contributed by atoms with Crippen molar-refractivity contribution in [3.63, 3.8) is 0 Å². The SMILES string of the molecule is CN(C(=O)OCCF)C(C)(C)C(=O)NCc1ncc(-c2ccc(-c3ccc(-c4cnc(C(NC(=O)C(C)(C)N(C)C(=O)OCCF)C(C)(C)C)[nH]4)cc3)cc2)[nH]1. The minimum atomic E-state index is -1.30. The van der Waals surface area contributed by atoms with E-state index in [2.05, 4.69) is 30.6 Å². The molecule has 56 heavy (non-hydrogen) atoms. The average molecular weight is 779 g/mol. The summed E-state index contributed by atoms with van der Waals surface area (Å²) in [5, 5.41) is 5.82. The van der Waals surface area contributed by atoms with Gasteiger partial charge in [-0.15, -0.1) is 0 Å². The normalized spacial score (nSPS) is 12.4. The van der Waals surface area contributed by atoms with Crippen LogP contribution in [0.5, 0.6) is 0 Å². The van der Waals surface area contributed by atoms with Gasteiger partial charge in [-0.25, -0.2) is 28.3 Å². The molecule has 4 aromatic rings. The summed E-state index contributed by atoms with van der Waals surface area (Å²) in [5.41, 5.74) is 2.28. The van der Waals surface area contributed by atoms with Gasteiger partial charge in [-0.2, -0.15) is 0 Å². The second-order valence-electron chi connectivity index (χ2n) is 15.4. The number of nitrogens with zero attached hydrogens (tertiary/aromatic N) is 4. The molecule has 4 amide bonds. The van der Waals surface area contributed by atoms with Gasteiger partial charge in [0.15, 0.2) is 0 Å². The van der Waals surface area contributed by atoms with Crippen molar-refractivity contribution in [1.82, 2.24) is 40.4 Å². The van der Waals surface area contributed by atoms with Crippen molar-refractivity contribution in [3.8, 4) is 33.6 Å². The summed E-state index contributed by atoms with van der Waals surface area (Å²) in [6, 6.07) is 15.4. The van der Waals surface area contributed by atoms with Crippen LogP contribution in [0.25, 0.3) is 33.6 Å². The molecular formula is C40H52F2N8O6. The molecule has 0 spiro atoms. The number of H-pyrrole nitrogens is 2. The Kier molecular flexibility index (Phi) is 13.6. The monoisotopic (exact) mass is 778 g/mol. The minimum Gasteiger partial charge on any atom is -0.447 e. The lowest BCUT2D eigenvalue weighted by Gasteiger charge is -2.37. The standard InChI is InChI=1S/C40H52F2N8O6/c1-38(2,3)32(48-35(52)40(6,7)50(9)37(54)56-21-19-42)33-44-23-30(47-33)28-16-12-26(13-17-28)25-10-14-27(15-11-25)29-22-43-31(46-29)24-45-34(51)39(4,5)49(8)36(53)55-20-18-41/h10-17,22-23,32H,18-21,24H2,1-9H3,(H,43,46)(H,44,47)(H,45,51)(H,48,52). The molecule has 0 aliphatic heterocycles. The van der Waals surface area contributed by atoms with Crippen LogP contribution in [0.4, 0.5) is 18.4 Å². The number of amides is 4. The Labute approximate surface area is 325 Å². The molecule has 302 valence electrons. The van der Waals surface area contributed by atoms with Gasteiger partial charge in [0.25, 0.3) is 0 Å². The van der Waals surface area contributed by atoms with Crippen molar-refractivity contribution in [2.24, 2.45) is 5.41 Å². The molecule has 1 atom stereocenters. The molecule has 4 N–H and O–H groups in total. The Balaban J connectivity index is 1.40.